The highest BCUT2D eigenvalue weighted by molar-refractivity contribution is 5.21. The van der Waals surface area contributed by atoms with E-state index in [1.807, 2.05) is 30.3 Å². The molecule has 3 heteroatoms. The standard InChI is InChI=1S/C11H14N2O/c1-11(8-12,13-2)9-14-10-6-4-3-5-7-10/h3-7,13H,9H2,1-2H3. The molecule has 1 aromatic rings. The van der Waals surface area contributed by atoms with Crippen molar-refractivity contribution < 1.29 is 4.74 Å². The van der Waals surface area contributed by atoms with Crippen LogP contribution in [0, 0.1) is 11.3 Å². The topological polar surface area (TPSA) is 45.0 Å². The van der Waals surface area contributed by atoms with Gasteiger partial charge in [-0.05, 0) is 26.1 Å². The number of nitriles is 1. The highest BCUT2D eigenvalue weighted by Crippen LogP contribution is 2.11. The molecule has 14 heavy (non-hydrogen) atoms. The lowest BCUT2D eigenvalue weighted by molar-refractivity contribution is 0.242. The van der Waals surface area contributed by atoms with E-state index in [4.69, 9.17) is 10.00 Å². The van der Waals surface area contributed by atoms with Crippen LogP contribution in [0.25, 0.3) is 0 Å². The van der Waals surface area contributed by atoms with Crippen LogP contribution in [0.15, 0.2) is 30.3 Å². The average molecular weight is 190 g/mol. The lowest BCUT2D eigenvalue weighted by atomic mass is 10.1. The Morgan fingerprint density at radius 3 is 2.57 bits per heavy atom. The van der Waals surface area contributed by atoms with Crippen molar-refractivity contribution in [2.24, 2.45) is 0 Å². The van der Waals surface area contributed by atoms with E-state index in [0.29, 0.717) is 6.61 Å². The first-order chi connectivity index (χ1) is 6.70. The molecule has 0 saturated carbocycles. The zero-order valence-electron chi connectivity index (χ0n) is 8.45. The molecule has 3 nitrogen and oxygen atoms in total. The molecular weight excluding hydrogens is 176 g/mol. The second-order valence-corrected chi connectivity index (χ2v) is 3.30. The minimum absolute atomic E-state index is 0.337. The minimum Gasteiger partial charge on any atom is -0.491 e. The third-order valence-electron chi connectivity index (χ3n) is 2.07. The third-order valence-corrected chi connectivity index (χ3v) is 2.07. The first-order valence-corrected chi connectivity index (χ1v) is 4.48. The molecule has 0 aromatic heterocycles. The van der Waals surface area contributed by atoms with Crippen molar-refractivity contribution in [3.05, 3.63) is 30.3 Å². The molecule has 0 bridgehead atoms. The highest BCUT2D eigenvalue weighted by atomic mass is 16.5. The van der Waals surface area contributed by atoms with E-state index in [1.54, 1.807) is 14.0 Å². The fourth-order valence-electron chi connectivity index (χ4n) is 0.905. The Morgan fingerprint density at radius 1 is 1.43 bits per heavy atom. The van der Waals surface area contributed by atoms with Gasteiger partial charge in [-0.2, -0.15) is 5.26 Å². The molecule has 0 aliphatic carbocycles. The molecule has 0 radical (unpaired) electrons. The van der Waals surface area contributed by atoms with Crippen LogP contribution >= 0.6 is 0 Å². The van der Waals surface area contributed by atoms with E-state index in [1.165, 1.54) is 0 Å². The maximum Gasteiger partial charge on any atom is 0.137 e. The summed E-state index contributed by atoms with van der Waals surface area (Å²) >= 11 is 0. The van der Waals surface area contributed by atoms with Crippen LogP contribution in [-0.4, -0.2) is 19.2 Å². The Kier molecular flexibility index (Phi) is 3.49. The van der Waals surface area contributed by atoms with Crippen molar-refractivity contribution in [2.75, 3.05) is 13.7 Å². The van der Waals surface area contributed by atoms with Crippen molar-refractivity contribution in [3.63, 3.8) is 0 Å². The van der Waals surface area contributed by atoms with Crippen LogP contribution in [0.2, 0.25) is 0 Å². The molecule has 1 N–H and O–H groups in total. The van der Waals surface area contributed by atoms with Crippen LogP contribution in [0.1, 0.15) is 6.92 Å². The van der Waals surface area contributed by atoms with Gasteiger partial charge in [-0.1, -0.05) is 18.2 Å². The van der Waals surface area contributed by atoms with E-state index in [-0.39, 0.29) is 0 Å². The van der Waals surface area contributed by atoms with Gasteiger partial charge in [0.05, 0.1) is 6.07 Å². The zero-order chi connectivity index (χ0) is 10.4. The van der Waals surface area contributed by atoms with Gasteiger partial charge in [-0.15, -0.1) is 0 Å². The number of nitrogens with zero attached hydrogens (tertiary/aromatic N) is 1. The first kappa shape index (κ1) is 10.6. The van der Waals surface area contributed by atoms with Gasteiger partial charge >= 0.3 is 0 Å². The number of ether oxygens (including phenoxy) is 1. The van der Waals surface area contributed by atoms with Gasteiger partial charge in [-0.3, -0.25) is 5.32 Å². The van der Waals surface area contributed by atoms with Crippen LogP contribution in [0.3, 0.4) is 0 Å². The van der Waals surface area contributed by atoms with E-state index in [2.05, 4.69) is 11.4 Å². The molecule has 0 saturated heterocycles. The quantitative estimate of drug-likeness (QED) is 0.783. The fourth-order valence-corrected chi connectivity index (χ4v) is 0.905. The summed E-state index contributed by atoms with van der Waals surface area (Å²) in [6.07, 6.45) is 0. The predicted octanol–water partition coefficient (Wildman–Crippen LogP) is 1.57. The highest BCUT2D eigenvalue weighted by Gasteiger charge is 2.21. The maximum absolute atomic E-state index is 8.87. The van der Waals surface area contributed by atoms with Gasteiger partial charge in [0.25, 0.3) is 0 Å². The van der Waals surface area contributed by atoms with Gasteiger partial charge in [0.1, 0.15) is 17.9 Å². The molecule has 0 fully saturated rings. The summed E-state index contributed by atoms with van der Waals surface area (Å²) in [6.45, 7) is 2.14. The zero-order valence-corrected chi connectivity index (χ0v) is 8.45. The molecule has 0 aliphatic heterocycles. The van der Waals surface area contributed by atoms with Crippen LogP contribution in [0.5, 0.6) is 5.75 Å². The van der Waals surface area contributed by atoms with E-state index >= 15 is 0 Å². The number of likely N-dealkylation sites (N-methyl/N-ethyl adjacent to an activating group) is 1. The van der Waals surface area contributed by atoms with Gasteiger partial charge < -0.3 is 4.74 Å². The Balaban J connectivity index is 2.53. The Bertz CT molecular complexity index is 318. The summed E-state index contributed by atoms with van der Waals surface area (Å²) in [4.78, 5) is 0. The average Bonchev–Trinajstić information content (AvgIpc) is 2.27. The molecular formula is C11H14N2O. The second-order valence-electron chi connectivity index (χ2n) is 3.30. The minimum atomic E-state index is -0.629. The number of nitrogens with one attached hydrogen (secondary N) is 1. The summed E-state index contributed by atoms with van der Waals surface area (Å²) in [5.41, 5.74) is -0.629. The molecule has 0 spiro atoms. The summed E-state index contributed by atoms with van der Waals surface area (Å²) in [6, 6.07) is 11.6. The Morgan fingerprint density at radius 2 is 2.07 bits per heavy atom. The van der Waals surface area contributed by atoms with E-state index in [0.717, 1.165) is 5.75 Å². The molecule has 1 unspecified atom stereocenters. The summed E-state index contributed by atoms with van der Waals surface area (Å²) in [7, 11) is 1.75. The normalized spacial score (nSPS) is 14.1. The largest absolute Gasteiger partial charge is 0.491 e. The van der Waals surface area contributed by atoms with Crippen molar-refractivity contribution in [3.8, 4) is 11.8 Å². The Hall–Kier alpha value is -1.53. The summed E-state index contributed by atoms with van der Waals surface area (Å²) < 4.78 is 5.47. The number of hydrogen-bond donors (Lipinski definition) is 1. The Labute approximate surface area is 84.3 Å². The number of benzene rings is 1. The maximum atomic E-state index is 8.87. The molecule has 1 atom stereocenters. The van der Waals surface area contributed by atoms with Crippen LogP contribution in [0.4, 0.5) is 0 Å². The van der Waals surface area contributed by atoms with Crippen molar-refractivity contribution in [1.82, 2.24) is 5.32 Å². The van der Waals surface area contributed by atoms with E-state index < -0.39 is 5.54 Å². The van der Waals surface area contributed by atoms with Gasteiger partial charge in [0.2, 0.25) is 0 Å². The first-order valence-electron chi connectivity index (χ1n) is 4.48. The SMILES string of the molecule is CNC(C)(C#N)COc1ccccc1. The van der Waals surface area contributed by atoms with E-state index in [9.17, 15) is 0 Å². The van der Waals surface area contributed by atoms with Crippen molar-refractivity contribution in [2.45, 2.75) is 12.5 Å². The lowest BCUT2D eigenvalue weighted by Gasteiger charge is -2.20. The third kappa shape index (κ3) is 2.75. The van der Waals surface area contributed by atoms with Crippen LogP contribution in [-0.2, 0) is 0 Å². The number of rotatable bonds is 4. The monoisotopic (exact) mass is 190 g/mol. The molecule has 0 aliphatic rings. The van der Waals surface area contributed by atoms with Crippen molar-refractivity contribution in [1.29, 1.82) is 5.26 Å². The number of hydrogen-bond acceptors (Lipinski definition) is 3. The van der Waals surface area contributed by atoms with Gasteiger partial charge in [0, 0.05) is 0 Å². The summed E-state index contributed by atoms with van der Waals surface area (Å²) in [5.74, 6) is 0.782. The molecule has 1 aromatic carbocycles. The lowest BCUT2D eigenvalue weighted by Crippen LogP contribution is -2.43. The van der Waals surface area contributed by atoms with Gasteiger partial charge in [-0.25, -0.2) is 0 Å². The second kappa shape index (κ2) is 4.64. The molecule has 1 rings (SSSR count). The van der Waals surface area contributed by atoms with Crippen molar-refractivity contribution >= 4 is 0 Å². The van der Waals surface area contributed by atoms with Gasteiger partial charge in [0.15, 0.2) is 0 Å². The smallest absolute Gasteiger partial charge is 0.137 e. The fraction of sp³-hybridized carbons (Fsp3) is 0.364. The molecule has 0 amide bonds. The number of para-hydroxylation sites is 1. The predicted molar refractivity (Wildman–Crippen MR) is 55.0 cm³/mol. The summed E-state index contributed by atoms with van der Waals surface area (Å²) in [5, 5.41) is 11.8. The van der Waals surface area contributed by atoms with Crippen LogP contribution < -0.4 is 10.1 Å². The molecule has 0 heterocycles. The molecule has 74 valence electrons.